The molecule has 1 heterocycles. The summed E-state index contributed by atoms with van der Waals surface area (Å²) in [6.45, 7) is 1.81. The van der Waals surface area contributed by atoms with Crippen molar-refractivity contribution in [3.8, 4) is 0 Å². The second-order valence-electron chi connectivity index (χ2n) is 5.58. The minimum atomic E-state index is -0.957. The molecule has 1 aromatic rings. The first-order valence-electron chi connectivity index (χ1n) is 6.87. The van der Waals surface area contributed by atoms with Crippen LogP contribution in [-0.4, -0.2) is 23.2 Å². The standard InChI is InChI=1S/C15H20BrNO3/c1-15(19,13-8-7-12(16)9-17-13)11-5-3-10(4-6-11)14(18)20-2/h7-11,19H,3-6H2,1-2H3/t10-,11+,15?. The summed E-state index contributed by atoms with van der Waals surface area (Å²) in [6.07, 6.45) is 4.85. The highest BCUT2D eigenvalue weighted by Gasteiger charge is 2.39. The SMILES string of the molecule is COC(=O)[C@H]1CC[C@@H](C(C)(O)c2ccc(Br)cn2)CC1. The van der Waals surface area contributed by atoms with Gasteiger partial charge in [-0.05, 0) is 66.6 Å². The summed E-state index contributed by atoms with van der Waals surface area (Å²) in [7, 11) is 1.43. The first kappa shape index (κ1) is 15.4. The molecular weight excluding hydrogens is 322 g/mol. The third kappa shape index (κ3) is 3.20. The summed E-state index contributed by atoms with van der Waals surface area (Å²) in [5, 5.41) is 10.8. The maximum absolute atomic E-state index is 11.5. The number of aromatic nitrogens is 1. The van der Waals surface area contributed by atoms with Gasteiger partial charge in [0, 0.05) is 10.7 Å². The second kappa shape index (κ2) is 6.22. The number of esters is 1. The van der Waals surface area contributed by atoms with E-state index in [-0.39, 0.29) is 17.8 Å². The smallest absolute Gasteiger partial charge is 0.308 e. The number of methoxy groups -OCH3 is 1. The molecule has 0 amide bonds. The van der Waals surface area contributed by atoms with Crippen molar-refractivity contribution in [1.82, 2.24) is 4.98 Å². The van der Waals surface area contributed by atoms with Crippen molar-refractivity contribution in [3.63, 3.8) is 0 Å². The van der Waals surface area contributed by atoms with Crippen LogP contribution in [0.15, 0.2) is 22.8 Å². The molecule has 1 aromatic heterocycles. The molecule has 0 radical (unpaired) electrons. The molecule has 1 aliphatic carbocycles. The Morgan fingerprint density at radius 3 is 2.55 bits per heavy atom. The number of nitrogens with zero attached hydrogens (tertiary/aromatic N) is 1. The van der Waals surface area contributed by atoms with Crippen LogP contribution < -0.4 is 0 Å². The number of carbonyl (C=O) groups is 1. The minimum absolute atomic E-state index is 0.0232. The third-order valence-corrected chi connectivity index (χ3v) is 4.77. The molecule has 110 valence electrons. The van der Waals surface area contributed by atoms with Crippen molar-refractivity contribution in [2.75, 3.05) is 7.11 Å². The first-order chi connectivity index (χ1) is 9.45. The van der Waals surface area contributed by atoms with Crippen LogP contribution in [0.4, 0.5) is 0 Å². The summed E-state index contributed by atoms with van der Waals surface area (Å²) in [6, 6.07) is 3.73. The number of aliphatic hydroxyl groups is 1. The van der Waals surface area contributed by atoms with E-state index >= 15 is 0 Å². The van der Waals surface area contributed by atoms with Crippen LogP contribution in [0.1, 0.15) is 38.3 Å². The molecule has 1 saturated carbocycles. The van der Waals surface area contributed by atoms with Crippen molar-refractivity contribution >= 4 is 21.9 Å². The second-order valence-corrected chi connectivity index (χ2v) is 6.50. The van der Waals surface area contributed by atoms with Crippen molar-refractivity contribution < 1.29 is 14.6 Å². The van der Waals surface area contributed by atoms with E-state index in [1.54, 1.807) is 6.20 Å². The van der Waals surface area contributed by atoms with Gasteiger partial charge in [-0.1, -0.05) is 0 Å². The number of halogens is 1. The molecule has 2 rings (SSSR count). The van der Waals surface area contributed by atoms with Gasteiger partial charge in [0.25, 0.3) is 0 Å². The van der Waals surface area contributed by atoms with Crippen LogP contribution in [0.2, 0.25) is 0 Å². The largest absolute Gasteiger partial charge is 0.469 e. The predicted molar refractivity (Wildman–Crippen MR) is 79.0 cm³/mol. The lowest BCUT2D eigenvalue weighted by atomic mass is 9.73. The third-order valence-electron chi connectivity index (χ3n) is 4.30. The van der Waals surface area contributed by atoms with E-state index in [0.717, 1.165) is 30.2 Å². The maximum atomic E-state index is 11.5. The first-order valence-corrected chi connectivity index (χ1v) is 7.66. The van der Waals surface area contributed by atoms with Crippen molar-refractivity contribution in [3.05, 3.63) is 28.5 Å². The van der Waals surface area contributed by atoms with Crippen LogP contribution in [0, 0.1) is 11.8 Å². The number of hydrogen-bond donors (Lipinski definition) is 1. The van der Waals surface area contributed by atoms with E-state index in [1.807, 2.05) is 19.1 Å². The van der Waals surface area contributed by atoms with Gasteiger partial charge in [0.05, 0.1) is 18.7 Å². The summed E-state index contributed by atoms with van der Waals surface area (Å²) in [4.78, 5) is 15.8. The van der Waals surface area contributed by atoms with E-state index in [4.69, 9.17) is 4.74 Å². The fourth-order valence-corrected chi connectivity index (χ4v) is 3.18. The Bertz CT molecular complexity index is 465. The maximum Gasteiger partial charge on any atom is 0.308 e. The van der Waals surface area contributed by atoms with Crippen LogP contribution in [0.25, 0.3) is 0 Å². The highest BCUT2D eigenvalue weighted by atomic mass is 79.9. The van der Waals surface area contributed by atoms with E-state index in [9.17, 15) is 9.90 Å². The summed E-state index contributed by atoms with van der Waals surface area (Å²) in [5.74, 6) is -0.0353. The van der Waals surface area contributed by atoms with Crippen LogP contribution in [0.3, 0.4) is 0 Å². The molecular formula is C15H20BrNO3. The quantitative estimate of drug-likeness (QED) is 0.858. The molecule has 0 saturated heterocycles. The van der Waals surface area contributed by atoms with Crippen LogP contribution >= 0.6 is 15.9 Å². The van der Waals surface area contributed by atoms with Gasteiger partial charge in [-0.25, -0.2) is 0 Å². The molecule has 1 aliphatic rings. The van der Waals surface area contributed by atoms with E-state index in [2.05, 4.69) is 20.9 Å². The molecule has 4 nitrogen and oxygen atoms in total. The normalized spacial score (nSPS) is 25.8. The number of hydrogen-bond acceptors (Lipinski definition) is 4. The number of carbonyl (C=O) groups excluding carboxylic acids is 1. The monoisotopic (exact) mass is 341 g/mol. The average molecular weight is 342 g/mol. The van der Waals surface area contributed by atoms with E-state index in [0.29, 0.717) is 5.69 Å². The number of pyridine rings is 1. The van der Waals surface area contributed by atoms with Crippen LogP contribution in [0.5, 0.6) is 0 Å². The summed E-state index contributed by atoms with van der Waals surface area (Å²) < 4.78 is 5.68. The highest BCUT2D eigenvalue weighted by Crippen LogP contribution is 2.40. The Morgan fingerprint density at radius 1 is 1.40 bits per heavy atom. The Kier molecular flexibility index (Phi) is 4.81. The average Bonchev–Trinajstić information content (AvgIpc) is 2.47. The van der Waals surface area contributed by atoms with Crippen molar-refractivity contribution in [2.45, 2.75) is 38.2 Å². The zero-order chi connectivity index (χ0) is 14.8. The van der Waals surface area contributed by atoms with Crippen molar-refractivity contribution in [1.29, 1.82) is 0 Å². The Morgan fingerprint density at radius 2 is 2.05 bits per heavy atom. The van der Waals surface area contributed by atoms with Gasteiger partial charge in [-0.15, -0.1) is 0 Å². The number of rotatable bonds is 3. The molecule has 1 fully saturated rings. The van der Waals surface area contributed by atoms with Crippen molar-refractivity contribution in [2.24, 2.45) is 11.8 Å². The molecule has 20 heavy (non-hydrogen) atoms. The van der Waals surface area contributed by atoms with Gasteiger partial charge in [0.15, 0.2) is 0 Å². The lowest BCUT2D eigenvalue weighted by Crippen LogP contribution is -2.36. The molecule has 0 bridgehead atoms. The lowest BCUT2D eigenvalue weighted by Gasteiger charge is -2.37. The molecule has 1 atom stereocenters. The fraction of sp³-hybridized carbons (Fsp3) is 0.600. The number of ether oxygens (including phenoxy) is 1. The topological polar surface area (TPSA) is 59.4 Å². The van der Waals surface area contributed by atoms with Gasteiger partial charge < -0.3 is 9.84 Å². The molecule has 0 aromatic carbocycles. The van der Waals surface area contributed by atoms with Gasteiger partial charge in [0.2, 0.25) is 0 Å². The molecule has 1 unspecified atom stereocenters. The Balaban J connectivity index is 2.05. The predicted octanol–water partition coefficient (Wildman–Crippen LogP) is 3.03. The Labute approximate surface area is 127 Å². The minimum Gasteiger partial charge on any atom is -0.469 e. The van der Waals surface area contributed by atoms with Gasteiger partial charge in [-0.3, -0.25) is 9.78 Å². The van der Waals surface area contributed by atoms with E-state index in [1.165, 1.54) is 7.11 Å². The summed E-state index contributed by atoms with van der Waals surface area (Å²) >= 11 is 3.34. The van der Waals surface area contributed by atoms with E-state index < -0.39 is 5.60 Å². The highest BCUT2D eigenvalue weighted by molar-refractivity contribution is 9.10. The molecule has 1 N–H and O–H groups in total. The molecule has 0 spiro atoms. The van der Waals surface area contributed by atoms with Gasteiger partial charge >= 0.3 is 5.97 Å². The summed E-state index contributed by atoms with van der Waals surface area (Å²) in [5.41, 5.74) is -0.274. The molecule has 0 aliphatic heterocycles. The Hall–Kier alpha value is -0.940. The van der Waals surface area contributed by atoms with Gasteiger partial charge in [0.1, 0.15) is 5.60 Å². The lowest BCUT2D eigenvalue weighted by molar-refractivity contribution is -0.148. The zero-order valence-electron chi connectivity index (χ0n) is 11.8. The van der Waals surface area contributed by atoms with Gasteiger partial charge in [-0.2, -0.15) is 0 Å². The fourth-order valence-electron chi connectivity index (χ4n) is 2.94. The van der Waals surface area contributed by atoms with Crippen LogP contribution in [-0.2, 0) is 15.1 Å². The molecule has 5 heteroatoms. The zero-order valence-corrected chi connectivity index (χ0v) is 13.4.